The topological polar surface area (TPSA) is 315 Å². The minimum Gasteiger partial charge on any atom is -0.462 e. The molecule has 2 heterocycles. The van der Waals surface area contributed by atoms with Crippen molar-refractivity contribution >= 4 is 47.8 Å². The number of esters is 8. The molecular weight excluding hydrogens is 1390 g/mol. The first kappa shape index (κ1) is 88.0. The lowest BCUT2D eigenvalue weighted by Gasteiger charge is -2.62. The first-order valence-corrected chi connectivity index (χ1v) is 42.4. The molecule has 16 fully saturated rings. The van der Waals surface area contributed by atoms with Crippen LogP contribution in [0.3, 0.4) is 0 Å². The summed E-state index contributed by atoms with van der Waals surface area (Å²) in [6.07, 6.45) is 26.2. The Hall–Kier alpha value is -4.91. The quantitative estimate of drug-likeness (QED) is 0.0689. The Bertz CT molecular complexity index is 3240. The van der Waals surface area contributed by atoms with Crippen LogP contribution in [0.2, 0.25) is 0 Å². The van der Waals surface area contributed by atoms with Crippen molar-refractivity contribution in [3.63, 3.8) is 0 Å². The number of fused-ring (bicyclic) bond motifs is 2. The van der Waals surface area contributed by atoms with Gasteiger partial charge in [0.25, 0.3) is 0 Å². The molecule has 0 radical (unpaired) electrons. The van der Waals surface area contributed by atoms with Gasteiger partial charge in [-0.1, -0.05) is 67.2 Å². The van der Waals surface area contributed by atoms with Crippen LogP contribution >= 0.6 is 0 Å². The van der Waals surface area contributed by atoms with E-state index >= 15 is 0 Å². The normalized spacial score (nSPS) is 36.9. The summed E-state index contributed by atoms with van der Waals surface area (Å²) < 4.78 is 45.1. The summed E-state index contributed by atoms with van der Waals surface area (Å²) in [5, 5.41) is 51.9. The molecule has 109 heavy (non-hydrogen) atoms. The van der Waals surface area contributed by atoms with Gasteiger partial charge in [0.05, 0.1) is 66.9 Å². The van der Waals surface area contributed by atoms with Crippen LogP contribution in [-0.2, 0) is 76.3 Å². The Morgan fingerprint density at radius 1 is 0.440 bits per heavy atom. The van der Waals surface area contributed by atoms with E-state index in [1.165, 1.54) is 51.4 Å². The molecule has 2 saturated heterocycles. The van der Waals surface area contributed by atoms with Gasteiger partial charge in [-0.05, 0) is 256 Å². The highest BCUT2D eigenvalue weighted by Crippen LogP contribution is 2.65. The second kappa shape index (κ2) is 32.1. The van der Waals surface area contributed by atoms with Crippen molar-refractivity contribution in [1.29, 1.82) is 5.26 Å². The largest absolute Gasteiger partial charge is 0.462 e. The van der Waals surface area contributed by atoms with Crippen molar-refractivity contribution in [2.75, 3.05) is 0 Å². The fourth-order valence-corrected chi connectivity index (χ4v) is 20.9. The van der Waals surface area contributed by atoms with Crippen molar-refractivity contribution in [2.45, 2.75) is 414 Å². The summed E-state index contributed by atoms with van der Waals surface area (Å²) in [4.78, 5) is 96.6. The highest BCUT2D eigenvalue weighted by atomic mass is 16.6. The molecule has 12 bridgehead atoms. The van der Waals surface area contributed by atoms with Crippen molar-refractivity contribution < 1.29 is 96.7 Å². The minimum atomic E-state index is -0.974. The Morgan fingerprint density at radius 2 is 0.817 bits per heavy atom. The number of carbonyl (C=O) groups is 8. The number of nitrogens with zero attached hydrogens (tertiary/aromatic N) is 1. The first-order valence-electron chi connectivity index (χ1n) is 42.4. The van der Waals surface area contributed by atoms with Crippen molar-refractivity contribution in [2.24, 2.45) is 85.2 Å². The van der Waals surface area contributed by atoms with Crippen molar-refractivity contribution in [3.8, 4) is 6.07 Å². The van der Waals surface area contributed by atoms with Gasteiger partial charge in [-0.25, -0.2) is 0 Å². The zero-order chi connectivity index (χ0) is 81.1. The highest BCUT2D eigenvalue weighted by molar-refractivity contribution is 5.85. The number of ether oxygens (including phenoxy) is 8. The second-order valence-corrected chi connectivity index (χ2v) is 41.4. The Kier molecular flexibility index (Phi) is 25.9. The molecular formula is C88H141NO20. The van der Waals surface area contributed by atoms with Crippen LogP contribution < -0.4 is 0 Å². The Morgan fingerprint density at radius 3 is 1.21 bits per heavy atom. The highest BCUT2D eigenvalue weighted by Gasteiger charge is 2.73. The third-order valence-corrected chi connectivity index (χ3v) is 29.6. The van der Waals surface area contributed by atoms with Crippen LogP contribution in [0, 0.1) is 96.6 Å². The van der Waals surface area contributed by atoms with Gasteiger partial charge in [-0.3, -0.25) is 38.4 Å². The number of carbonyl (C=O) groups excluding carboxylic acids is 8. The third kappa shape index (κ3) is 18.9. The van der Waals surface area contributed by atoms with Crippen LogP contribution in [0.1, 0.15) is 344 Å². The van der Waals surface area contributed by atoms with Gasteiger partial charge in [0.15, 0.2) is 5.41 Å². The smallest absolute Gasteiger partial charge is 0.327 e. The van der Waals surface area contributed by atoms with Gasteiger partial charge in [-0.2, -0.15) is 5.26 Å². The molecule has 14 saturated carbocycles. The average molecular weight is 1530 g/mol. The van der Waals surface area contributed by atoms with Gasteiger partial charge in [-0.15, -0.1) is 0 Å². The Labute approximate surface area is 651 Å². The first-order chi connectivity index (χ1) is 50.3. The number of hydrogen-bond acceptors (Lipinski definition) is 21. The predicted molar refractivity (Wildman–Crippen MR) is 407 cm³/mol. The van der Waals surface area contributed by atoms with E-state index in [1.807, 2.05) is 125 Å². The zero-order valence-electron chi connectivity index (χ0n) is 70.4. The molecule has 2 aliphatic heterocycles. The summed E-state index contributed by atoms with van der Waals surface area (Å²) in [6, 6.07) is 2.15. The number of nitriles is 1. The molecule has 16 aliphatic rings. The average Bonchev–Trinajstić information content (AvgIpc) is 1.65. The summed E-state index contributed by atoms with van der Waals surface area (Å²) in [7, 11) is 0. The van der Waals surface area contributed by atoms with Gasteiger partial charge in [0.1, 0.15) is 47.3 Å². The van der Waals surface area contributed by atoms with Crippen LogP contribution in [0.15, 0.2) is 0 Å². The van der Waals surface area contributed by atoms with Crippen LogP contribution in [0.5, 0.6) is 0 Å². The summed E-state index contributed by atoms with van der Waals surface area (Å²) in [6.45, 7) is 39.0. The zero-order valence-corrected chi connectivity index (χ0v) is 70.4. The van der Waals surface area contributed by atoms with E-state index in [0.29, 0.717) is 69.1 Å². The van der Waals surface area contributed by atoms with E-state index in [2.05, 4.69) is 19.9 Å². The molecule has 0 spiro atoms. The molecule has 0 amide bonds. The summed E-state index contributed by atoms with van der Waals surface area (Å²) >= 11 is 0. The molecule has 0 aromatic heterocycles. The maximum absolute atomic E-state index is 12.4. The Balaban J connectivity index is 0.000000151. The van der Waals surface area contributed by atoms with Crippen LogP contribution in [0.4, 0.5) is 0 Å². The molecule has 14 aliphatic carbocycles. The van der Waals surface area contributed by atoms with Crippen LogP contribution in [0.25, 0.3) is 0 Å². The van der Waals surface area contributed by atoms with E-state index < -0.39 is 72.8 Å². The monoisotopic (exact) mass is 1530 g/mol. The third-order valence-electron chi connectivity index (χ3n) is 29.6. The molecule has 618 valence electrons. The lowest BCUT2D eigenvalue weighted by molar-refractivity contribution is -0.265. The van der Waals surface area contributed by atoms with E-state index in [1.54, 1.807) is 0 Å². The molecule has 14 atom stereocenters. The van der Waals surface area contributed by atoms with Gasteiger partial charge < -0.3 is 58.3 Å². The predicted octanol–water partition coefficient (Wildman–Crippen LogP) is 15.7. The second-order valence-electron chi connectivity index (χ2n) is 41.4. The van der Waals surface area contributed by atoms with E-state index in [-0.39, 0.29) is 112 Å². The number of hydrogen-bond donors (Lipinski definition) is 4. The maximum atomic E-state index is 12.4. The van der Waals surface area contributed by atoms with Crippen molar-refractivity contribution in [3.05, 3.63) is 0 Å². The summed E-state index contributed by atoms with van der Waals surface area (Å²) in [5.74, 6) is 0.375. The molecule has 4 N–H and O–H groups in total. The van der Waals surface area contributed by atoms with Crippen molar-refractivity contribution in [1.82, 2.24) is 0 Å². The standard InChI is InChI=1S/2C16H26O4.C15H19NO4.C15H28O2.C14H20O4.C12H22O2/c2*1-4-13(2,3)12(17)20-16-7-11-5-14(18,9-16)8-15(19,6-11)10-16;1-4-14(2,3)12(17)19-10-8-5-9-11(10)20-13(18)15(9,6-8)7-16;1-6-14(2,3)13(16)17-15(4,5)12-10-8-7-9-11-12;1-4-14(2,3)13(16)18-10-7-5-8-9(6-7)12(15)17-11(8)10;1-4-12(2,3)11(13)14-10-8-6-5-7-9-10/h2*11,18-19H,4-10H2,1-3H3;8-11H,4-6H2,1-3H3;12H,6-11H2,1-5H3;7-11H,4-6H2,1-3H3;10H,4-9H2,1-3H3. The number of rotatable bonds is 19. The van der Waals surface area contributed by atoms with E-state index in [4.69, 9.17) is 37.9 Å². The molecule has 0 aromatic rings. The van der Waals surface area contributed by atoms with E-state index in [9.17, 15) is 64.0 Å². The fourth-order valence-electron chi connectivity index (χ4n) is 20.9. The van der Waals surface area contributed by atoms with Gasteiger partial charge in [0.2, 0.25) is 0 Å². The fraction of sp³-hybridized carbons (Fsp3) is 0.898. The van der Waals surface area contributed by atoms with Gasteiger partial charge >= 0.3 is 47.8 Å². The van der Waals surface area contributed by atoms with E-state index in [0.717, 1.165) is 103 Å². The molecule has 21 heteroatoms. The SMILES string of the molecule is CCC(C)(C)C(=O)OC(C)(C)C1CCCCC1.CCC(C)(C)C(=O)OC12CC3CC(O)(CC(O)(C3)C1)C2.CCC(C)(C)C(=O)OC12CC3CC(O)(CC(O)(C3)C1)C2.CCC(C)(C)C(=O)OC1C2CC3C(=O)OC1C3C2.CCC(C)(C)C(=O)OC1C2CC3C1OC(=O)C3(C#N)C2.CCC(C)(C)C(=O)OC1CCCCC1. The van der Waals surface area contributed by atoms with Gasteiger partial charge in [0, 0.05) is 62.2 Å². The lowest BCUT2D eigenvalue weighted by Crippen LogP contribution is -2.67. The number of aliphatic hydroxyl groups is 4. The summed E-state index contributed by atoms with van der Waals surface area (Å²) in [5.41, 5.74) is -8.60. The molecule has 16 rings (SSSR count). The maximum Gasteiger partial charge on any atom is 0.327 e. The van der Waals surface area contributed by atoms with Crippen LogP contribution in [-0.4, -0.2) is 138 Å². The molecule has 14 unspecified atom stereocenters. The lowest BCUT2D eigenvalue weighted by atomic mass is 9.50. The molecule has 0 aromatic carbocycles. The minimum absolute atomic E-state index is 0.0214. The molecule has 21 nitrogen and oxygen atoms in total.